The summed E-state index contributed by atoms with van der Waals surface area (Å²) in [4.78, 5) is 13.8. The van der Waals surface area contributed by atoms with Crippen molar-refractivity contribution in [2.75, 3.05) is 19.7 Å². The van der Waals surface area contributed by atoms with Crippen molar-refractivity contribution in [1.82, 2.24) is 4.90 Å². The van der Waals surface area contributed by atoms with E-state index in [1.54, 1.807) is 11.0 Å². The lowest BCUT2D eigenvalue weighted by Gasteiger charge is -2.31. The molecule has 0 spiro atoms. The number of halogens is 2. The molecule has 0 aromatic heterocycles. The minimum Gasteiger partial charge on any atom is -0.375 e. The molecule has 5 heteroatoms. The Labute approximate surface area is 108 Å². The summed E-state index contributed by atoms with van der Waals surface area (Å²) in [5, 5.41) is 0. The zero-order chi connectivity index (χ0) is 12.4. The molecule has 0 aliphatic carbocycles. The van der Waals surface area contributed by atoms with Gasteiger partial charge in [0.15, 0.2) is 0 Å². The first-order chi connectivity index (χ1) is 8.06. The second-order valence-corrected chi connectivity index (χ2v) is 5.01. The molecule has 0 bridgehead atoms. The maximum atomic E-state index is 13.2. The van der Waals surface area contributed by atoms with E-state index < -0.39 is 5.82 Å². The highest BCUT2D eigenvalue weighted by Gasteiger charge is 2.22. The molecule has 17 heavy (non-hydrogen) atoms. The average Bonchev–Trinajstić information content (AvgIpc) is 2.26. The van der Waals surface area contributed by atoms with E-state index in [1.807, 2.05) is 6.92 Å². The summed E-state index contributed by atoms with van der Waals surface area (Å²) in [6, 6.07) is 4.22. The lowest BCUT2D eigenvalue weighted by atomic mass is 10.1. The van der Waals surface area contributed by atoms with Gasteiger partial charge in [-0.2, -0.15) is 0 Å². The van der Waals surface area contributed by atoms with Crippen molar-refractivity contribution in [2.24, 2.45) is 0 Å². The third kappa shape index (κ3) is 3.04. The van der Waals surface area contributed by atoms with Crippen LogP contribution in [-0.2, 0) is 4.74 Å². The zero-order valence-corrected chi connectivity index (χ0v) is 11.0. The molecule has 1 fully saturated rings. The van der Waals surface area contributed by atoms with E-state index >= 15 is 0 Å². The molecule has 2 rings (SSSR count). The fraction of sp³-hybridized carbons (Fsp3) is 0.417. The van der Waals surface area contributed by atoms with Gasteiger partial charge in [-0.3, -0.25) is 4.79 Å². The summed E-state index contributed by atoms with van der Waals surface area (Å²) in [5.41, 5.74) is 0.367. The topological polar surface area (TPSA) is 29.5 Å². The van der Waals surface area contributed by atoms with Crippen LogP contribution in [0.15, 0.2) is 22.7 Å². The van der Waals surface area contributed by atoms with Gasteiger partial charge in [-0.1, -0.05) is 15.9 Å². The van der Waals surface area contributed by atoms with E-state index in [4.69, 9.17) is 4.74 Å². The van der Waals surface area contributed by atoms with Gasteiger partial charge in [0.05, 0.1) is 12.7 Å². The van der Waals surface area contributed by atoms with Gasteiger partial charge in [-0.05, 0) is 25.1 Å². The molecule has 92 valence electrons. The summed E-state index contributed by atoms with van der Waals surface area (Å²) in [6.07, 6.45) is 0.0321. The van der Waals surface area contributed by atoms with Crippen molar-refractivity contribution in [2.45, 2.75) is 13.0 Å². The molecule has 0 saturated carbocycles. The number of carbonyl (C=O) groups excluding carboxylic acids is 1. The SMILES string of the molecule is C[C@@H]1CN(C(=O)c2cc(F)cc(Br)c2)CCO1. The van der Waals surface area contributed by atoms with Crippen LogP contribution in [0.1, 0.15) is 17.3 Å². The van der Waals surface area contributed by atoms with Gasteiger partial charge in [0.1, 0.15) is 5.82 Å². The monoisotopic (exact) mass is 301 g/mol. The van der Waals surface area contributed by atoms with E-state index in [0.717, 1.165) is 0 Å². The number of hydrogen-bond donors (Lipinski definition) is 0. The summed E-state index contributed by atoms with van der Waals surface area (Å²) < 4.78 is 19.1. The fourth-order valence-corrected chi connectivity index (χ4v) is 2.33. The number of rotatable bonds is 1. The molecule has 1 aromatic rings. The van der Waals surface area contributed by atoms with E-state index in [0.29, 0.717) is 29.7 Å². The predicted molar refractivity (Wildman–Crippen MR) is 65.4 cm³/mol. The zero-order valence-electron chi connectivity index (χ0n) is 9.45. The second kappa shape index (κ2) is 5.14. The third-order valence-corrected chi connectivity index (χ3v) is 3.10. The van der Waals surface area contributed by atoms with Crippen molar-refractivity contribution >= 4 is 21.8 Å². The Kier molecular flexibility index (Phi) is 3.79. The minimum atomic E-state index is -0.413. The molecule has 0 unspecified atom stereocenters. The van der Waals surface area contributed by atoms with E-state index in [1.165, 1.54) is 12.1 Å². The van der Waals surface area contributed by atoms with E-state index in [9.17, 15) is 9.18 Å². The largest absolute Gasteiger partial charge is 0.375 e. The van der Waals surface area contributed by atoms with Crippen LogP contribution in [0.3, 0.4) is 0 Å². The number of hydrogen-bond acceptors (Lipinski definition) is 2. The van der Waals surface area contributed by atoms with Crippen molar-refractivity contribution in [3.63, 3.8) is 0 Å². The normalized spacial score (nSPS) is 20.4. The van der Waals surface area contributed by atoms with E-state index in [-0.39, 0.29) is 12.0 Å². The van der Waals surface area contributed by atoms with Crippen molar-refractivity contribution < 1.29 is 13.9 Å². The maximum absolute atomic E-state index is 13.2. The van der Waals surface area contributed by atoms with Gasteiger partial charge >= 0.3 is 0 Å². The number of ether oxygens (including phenoxy) is 1. The third-order valence-electron chi connectivity index (χ3n) is 2.64. The Hall–Kier alpha value is -0.940. The lowest BCUT2D eigenvalue weighted by molar-refractivity contribution is -0.0124. The molecule has 1 heterocycles. The average molecular weight is 302 g/mol. The highest BCUT2D eigenvalue weighted by molar-refractivity contribution is 9.10. The second-order valence-electron chi connectivity index (χ2n) is 4.09. The van der Waals surface area contributed by atoms with Gasteiger partial charge < -0.3 is 9.64 Å². The highest BCUT2D eigenvalue weighted by Crippen LogP contribution is 2.17. The fourth-order valence-electron chi connectivity index (χ4n) is 1.86. The van der Waals surface area contributed by atoms with Crippen LogP contribution in [0.5, 0.6) is 0 Å². The molecule has 1 aliphatic heterocycles. The number of carbonyl (C=O) groups is 1. The predicted octanol–water partition coefficient (Wildman–Crippen LogP) is 2.45. The highest BCUT2D eigenvalue weighted by atomic mass is 79.9. The number of benzene rings is 1. The molecule has 1 aromatic carbocycles. The van der Waals surface area contributed by atoms with Gasteiger partial charge in [0.2, 0.25) is 0 Å². The van der Waals surface area contributed by atoms with Crippen molar-refractivity contribution in [3.8, 4) is 0 Å². The first-order valence-corrected chi connectivity index (χ1v) is 6.22. The molecule has 0 N–H and O–H groups in total. The van der Waals surface area contributed by atoms with Crippen LogP contribution < -0.4 is 0 Å². The van der Waals surface area contributed by atoms with Crippen molar-refractivity contribution in [1.29, 1.82) is 0 Å². The Morgan fingerprint density at radius 3 is 2.94 bits per heavy atom. The van der Waals surface area contributed by atoms with Gasteiger partial charge in [-0.15, -0.1) is 0 Å². The van der Waals surface area contributed by atoms with Crippen molar-refractivity contribution in [3.05, 3.63) is 34.1 Å². The van der Waals surface area contributed by atoms with E-state index in [2.05, 4.69) is 15.9 Å². The first kappa shape index (κ1) is 12.5. The molecule has 3 nitrogen and oxygen atoms in total. The first-order valence-electron chi connectivity index (χ1n) is 5.43. The molecular formula is C12H13BrFNO2. The van der Waals surface area contributed by atoms with Gasteiger partial charge in [0, 0.05) is 23.1 Å². The molecule has 1 amide bonds. The maximum Gasteiger partial charge on any atom is 0.254 e. The Balaban J connectivity index is 2.18. The summed E-state index contributed by atoms with van der Waals surface area (Å²) in [6.45, 7) is 3.55. The van der Waals surface area contributed by atoms with Gasteiger partial charge in [0.25, 0.3) is 5.91 Å². The van der Waals surface area contributed by atoms with Crippen LogP contribution in [-0.4, -0.2) is 36.6 Å². The summed E-state index contributed by atoms with van der Waals surface area (Å²) >= 11 is 3.18. The van der Waals surface area contributed by atoms with Gasteiger partial charge in [-0.25, -0.2) is 4.39 Å². The summed E-state index contributed by atoms with van der Waals surface area (Å²) in [7, 11) is 0. The number of nitrogens with zero attached hydrogens (tertiary/aromatic N) is 1. The lowest BCUT2D eigenvalue weighted by Crippen LogP contribution is -2.44. The summed E-state index contributed by atoms with van der Waals surface area (Å²) in [5.74, 6) is -0.565. The molecule has 1 atom stereocenters. The quantitative estimate of drug-likeness (QED) is 0.797. The van der Waals surface area contributed by atoms with Crippen LogP contribution in [0.2, 0.25) is 0 Å². The van der Waals surface area contributed by atoms with Crippen LogP contribution in [0, 0.1) is 5.82 Å². The molecule has 0 radical (unpaired) electrons. The smallest absolute Gasteiger partial charge is 0.254 e. The van der Waals surface area contributed by atoms with Crippen LogP contribution in [0.25, 0.3) is 0 Å². The Bertz CT molecular complexity index is 418. The Morgan fingerprint density at radius 1 is 1.53 bits per heavy atom. The standard InChI is InChI=1S/C12H13BrFNO2/c1-8-7-15(2-3-17-8)12(16)9-4-10(13)6-11(14)5-9/h4-6,8H,2-3,7H2,1H3/t8-/m1/s1. The van der Waals surface area contributed by atoms with Crippen LogP contribution >= 0.6 is 15.9 Å². The number of amides is 1. The molecule has 1 aliphatic rings. The molecular weight excluding hydrogens is 289 g/mol. The van der Waals surface area contributed by atoms with Crippen LogP contribution in [0.4, 0.5) is 4.39 Å². The molecule has 1 saturated heterocycles. The minimum absolute atomic E-state index is 0.0321. The Morgan fingerprint density at radius 2 is 2.29 bits per heavy atom. The number of morpholine rings is 1.